The van der Waals surface area contributed by atoms with E-state index in [-0.39, 0.29) is 40.6 Å². The van der Waals surface area contributed by atoms with E-state index < -0.39 is 6.10 Å². The molecule has 1 unspecified atom stereocenters. The number of quaternary nitrogens is 1. The molecule has 1 aromatic rings. The van der Waals surface area contributed by atoms with Crippen LogP contribution in [0.5, 0.6) is 0 Å². The van der Waals surface area contributed by atoms with Gasteiger partial charge in [0.25, 0.3) is 0 Å². The summed E-state index contributed by atoms with van der Waals surface area (Å²) in [6, 6.07) is 4.06. The second-order valence-electron chi connectivity index (χ2n) is 5.29. The summed E-state index contributed by atoms with van der Waals surface area (Å²) in [6.07, 6.45) is 3.55. The lowest BCUT2D eigenvalue weighted by Crippen LogP contribution is -3.00. The van der Waals surface area contributed by atoms with Gasteiger partial charge in [-0.1, -0.05) is 0 Å². The summed E-state index contributed by atoms with van der Waals surface area (Å²) in [6.45, 7) is 4.09. The first-order valence-corrected chi connectivity index (χ1v) is 5.99. The second-order valence-corrected chi connectivity index (χ2v) is 5.29. The minimum Gasteiger partial charge on any atom is -1.00 e. The number of pyridine rings is 1. The molecule has 0 saturated heterocycles. The lowest BCUT2D eigenvalue weighted by atomic mass is 10.2. The van der Waals surface area contributed by atoms with Gasteiger partial charge in [0, 0.05) is 12.1 Å². The van der Waals surface area contributed by atoms with Gasteiger partial charge in [0.2, 0.25) is 0 Å². The van der Waals surface area contributed by atoms with Gasteiger partial charge >= 0.3 is 0 Å². The number of hydrogen-bond acceptors (Lipinski definition) is 2. The molecule has 0 amide bonds. The quantitative estimate of drug-likeness (QED) is 0.369. The van der Waals surface area contributed by atoms with Crippen molar-refractivity contribution in [3.8, 4) is 0 Å². The zero-order chi connectivity index (χ0) is 12.9. The van der Waals surface area contributed by atoms with Gasteiger partial charge in [-0.05, 0) is 12.5 Å². The number of aromatic nitrogens is 1. The van der Waals surface area contributed by atoms with Crippen LogP contribution in [0.25, 0.3) is 0 Å². The van der Waals surface area contributed by atoms with Crippen LogP contribution in [0.4, 0.5) is 0 Å². The van der Waals surface area contributed by atoms with E-state index in [9.17, 15) is 5.11 Å². The summed E-state index contributed by atoms with van der Waals surface area (Å²) in [5, 5.41) is 18.9. The molecule has 2 N–H and O–H groups in total. The van der Waals surface area contributed by atoms with E-state index in [1.165, 1.54) is 5.56 Å². The van der Waals surface area contributed by atoms with Gasteiger partial charge in [0.1, 0.15) is 13.1 Å². The molecule has 0 aliphatic rings. The third kappa shape index (κ3) is 8.70. The van der Waals surface area contributed by atoms with Crippen molar-refractivity contribution in [3.05, 3.63) is 30.1 Å². The Kier molecular flexibility index (Phi) is 11.0. The monoisotopic (exact) mass is 398 g/mol. The highest BCUT2D eigenvalue weighted by molar-refractivity contribution is 5.03. The van der Waals surface area contributed by atoms with Gasteiger partial charge in [0.05, 0.1) is 20.7 Å². The number of halogens is 2. The van der Waals surface area contributed by atoms with Crippen LogP contribution in [0.15, 0.2) is 24.5 Å². The Morgan fingerprint density at radius 3 is 2.21 bits per heavy atom. The van der Waals surface area contributed by atoms with Crippen LogP contribution < -0.4 is 38.5 Å². The first-order valence-electron chi connectivity index (χ1n) is 5.99. The summed E-state index contributed by atoms with van der Waals surface area (Å²) in [5.41, 5.74) is 1.21. The summed E-state index contributed by atoms with van der Waals surface area (Å²) in [5.74, 6) is 0. The van der Waals surface area contributed by atoms with Crippen molar-refractivity contribution in [2.24, 2.45) is 0 Å². The lowest BCUT2D eigenvalue weighted by Gasteiger charge is -2.30. The molecule has 0 radical (unpaired) electrons. The number of aliphatic hydroxyl groups excluding tert-OH is 2. The third-order valence-electron chi connectivity index (χ3n) is 2.89. The highest BCUT2D eigenvalue weighted by atomic mass is 79.9. The molecule has 0 saturated carbocycles. The average Bonchev–Trinajstić information content (AvgIpc) is 2.20. The molecular weight excluding hydrogens is 376 g/mol. The van der Waals surface area contributed by atoms with Crippen molar-refractivity contribution < 1.29 is 53.2 Å². The van der Waals surface area contributed by atoms with E-state index in [1.54, 1.807) is 0 Å². The Hall–Kier alpha value is -0.0100. The van der Waals surface area contributed by atoms with Crippen molar-refractivity contribution in [2.45, 2.75) is 19.6 Å². The van der Waals surface area contributed by atoms with Crippen LogP contribution in [-0.4, -0.2) is 54.6 Å². The fourth-order valence-corrected chi connectivity index (χ4v) is 1.89. The maximum absolute atomic E-state index is 10.0. The molecule has 1 aromatic heterocycles. The number of nitrogens with zero attached hydrogens (tertiary/aromatic N) is 2. The van der Waals surface area contributed by atoms with E-state index >= 15 is 0 Å². The minimum absolute atomic E-state index is 0. The molecule has 112 valence electrons. The van der Waals surface area contributed by atoms with Gasteiger partial charge in [-0.15, -0.1) is 0 Å². The molecule has 0 spiro atoms. The smallest absolute Gasteiger partial charge is 0.179 e. The van der Waals surface area contributed by atoms with Crippen LogP contribution in [0.1, 0.15) is 5.56 Å². The van der Waals surface area contributed by atoms with Gasteiger partial charge in [-0.25, -0.2) is 4.57 Å². The Bertz CT molecular complexity index is 345. The number of rotatable bonds is 6. The standard InChI is InChI=1S/C13H24N2O2.2BrH/c1-12-4-6-14(7-5-12)10-13(17)11-15(2,3)8-9-16;;/h4-7,13,16-17H,8-11H2,1-3H3;2*1H/q+2;;/p-2. The second kappa shape index (κ2) is 9.83. The normalized spacial score (nSPS) is 12.3. The first-order chi connectivity index (χ1) is 7.93. The fourth-order valence-electron chi connectivity index (χ4n) is 1.89. The third-order valence-corrected chi connectivity index (χ3v) is 2.89. The molecule has 1 atom stereocenters. The maximum atomic E-state index is 10.0. The molecule has 0 aliphatic carbocycles. The SMILES string of the molecule is Cc1cc[n+](CC(O)C[N+](C)(C)CCO)cc1.[Br-].[Br-]. The summed E-state index contributed by atoms with van der Waals surface area (Å²) in [7, 11) is 4.03. The van der Waals surface area contributed by atoms with E-state index in [4.69, 9.17) is 5.11 Å². The van der Waals surface area contributed by atoms with Crippen LogP contribution in [0.3, 0.4) is 0 Å². The van der Waals surface area contributed by atoms with Crippen molar-refractivity contribution in [2.75, 3.05) is 33.8 Å². The highest BCUT2D eigenvalue weighted by Gasteiger charge is 2.22. The molecule has 6 heteroatoms. The molecule has 0 fully saturated rings. The Morgan fingerprint density at radius 2 is 1.74 bits per heavy atom. The van der Waals surface area contributed by atoms with Crippen LogP contribution in [0, 0.1) is 6.92 Å². The summed E-state index contributed by atoms with van der Waals surface area (Å²) < 4.78 is 2.61. The molecular formula is C13H24Br2N2O2. The van der Waals surface area contributed by atoms with Gasteiger partial charge in [-0.2, -0.15) is 0 Å². The Balaban J connectivity index is 0. The van der Waals surface area contributed by atoms with E-state index in [2.05, 4.69) is 0 Å². The summed E-state index contributed by atoms with van der Waals surface area (Å²) in [4.78, 5) is 0. The lowest BCUT2D eigenvalue weighted by molar-refractivity contribution is -0.896. The molecule has 0 bridgehead atoms. The van der Waals surface area contributed by atoms with Crippen molar-refractivity contribution in [3.63, 3.8) is 0 Å². The predicted molar refractivity (Wildman–Crippen MR) is 66.3 cm³/mol. The van der Waals surface area contributed by atoms with Crippen molar-refractivity contribution in [1.82, 2.24) is 0 Å². The molecule has 0 aromatic carbocycles. The van der Waals surface area contributed by atoms with E-state index in [0.29, 0.717) is 24.1 Å². The number of hydrogen-bond donors (Lipinski definition) is 2. The largest absolute Gasteiger partial charge is 1.00 e. The zero-order valence-electron chi connectivity index (χ0n) is 11.8. The molecule has 1 heterocycles. The molecule has 1 rings (SSSR count). The maximum Gasteiger partial charge on any atom is 0.179 e. The highest BCUT2D eigenvalue weighted by Crippen LogP contribution is 2.00. The van der Waals surface area contributed by atoms with E-state index in [1.807, 2.05) is 50.1 Å². The van der Waals surface area contributed by atoms with Gasteiger partial charge in [-0.3, -0.25) is 0 Å². The molecule has 4 nitrogen and oxygen atoms in total. The zero-order valence-corrected chi connectivity index (χ0v) is 14.9. The van der Waals surface area contributed by atoms with Crippen LogP contribution in [-0.2, 0) is 6.54 Å². The topological polar surface area (TPSA) is 44.3 Å². The van der Waals surface area contributed by atoms with Crippen molar-refractivity contribution >= 4 is 0 Å². The Labute approximate surface area is 136 Å². The minimum atomic E-state index is -0.399. The fraction of sp³-hybridized carbons (Fsp3) is 0.615. The first kappa shape index (κ1) is 21.3. The number of aliphatic hydroxyl groups is 2. The van der Waals surface area contributed by atoms with Crippen LogP contribution >= 0.6 is 0 Å². The van der Waals surface area contributed by atoms with Gasteiger partial charge < -0.3 is 48.7 Å². The molecule has 0 aliphatic heterocycles. The average molecular weight is 400 g/mol. The van der Waals surface area contributed by atoms with E-state index in [0.717, 1.165) is 0 Å². The molecule has 19 heavy (non-hydrogen) atoms. The van der Waals surface area contributed by atoms with Crippen LogP contribution in [0.2, 0.25) is 0 Å². The number of likely N-dealkylation sites (N-methyl/N-ethyl adjacent to an activating group) is 1. The summed E-state index contributed by atoms with van der Waals surface area (Å²) >= 11 is 0. The number of aryl methyl sites for hydroxylation is 1. The Morgan fingerprint density at radius 1 is 1.21 bits per heavy atom. The predicted octanol–water partition coefficient (Wildman–Crippen LogP) is -6.28. The van der Waals surface area contributed by atoms with Gasteiger partial charge in [0.15, 0.2) is 25.0 Å². The van der Waals surface area contributed by atoms with Crippen molar-refractivity contribution in [1.29, 1.82) is 0 Å².